The second kappa shape index (κ2) is 4.62. The Morgan fingerprint density at radius 3 is 2.44 bits per heavy atom. The van der Waals surface area contributed by atoms with Gasteiger partial charge in [-0.2, -0.15) is 0 Å². The molecule has 0 aliphatic heterocycles. The van der Waals surface area contributed by atoms with E-state index in [1.165, 1.54) is 12.8 Å². The molecule has 1 unspecified atom stereocenters. The minimum Gasteiger partial charge on any atom is -0.409 e. The number of rotatable bonds is 5. The molecule has 0 spiro atoms. The van der Waals surface area contributed by atoms with Gasteiger partial charge in [0.05, 0.1) is 0 Å². The largest absolute Gasteiger partial charge is 0.409 e. The summed E-state index contributed by atoms with van der Waals surface area (Å²) in [5, 5.41) is 15.2. The first-order valence-corrected chi connectivity index (χ1v) is 5.99. The Morgan fingerprint density at radius 2 is 2.06 bits per heavy atom. The van der Waals surface area contributed by atoms with E-state index in [-0.39, 0.29) is 10.8 Å². The van der Waals surface area contributed by atoms with E-state index in [1.54, 1.807) is 0 Å². The van der Waals surface area contributed by atoms with Crippen LogP contribution in [0.4, 0.5) is 0 Å². The monoisotopic (exact) mass is 227 g/mol. The molecular formula is C12H25N3O. The van der Waals surface area contributed by atoms with Gasteiger partial charge >= 0.3 is 0 Å². The van der Waals surface area contributed by atoms with E-state index in [0.717, 1.165) is 6.54 Å². The molecule has 0 saturated heterocycles. The fourth-order valence-corrected chi connectivity index (χ4v) is 1.69. The molecule has 1 fully saturated rings. The van der Waals surface area contributed by atoms with Crippen LogP contribution in [0, 0.1) is 10.8 Å². The molecule has 1 aliphatic carbocycles. The third-order valence-electron chi connectivity index (χ3n) is 3.72. The molecule has 1 atom stereocenters. The number of nitrogens with two attached hydrogens (primary N) is 1. The minimum absolute atomic E-state index is 0.246. The quantitative estimate of drug-likeness (QED) is 0.291. The lowest BCUT2D eigenvalue weighted by Crippen LogP contribution is -2.41. The van der Waals surface area contributed by atoms with E-state index in [9.17, 15) is 0 Å². The van der Waals surface area contributed by atoms with Gasteiger partial charge in [-0.05, 0) is 30.6 Å². The molecule has 16 heavy (non-hydrogen) atoms. The van der Waals surface area contributed by atoms with Crippen LogP contribution in [-0.2, 0) is 0 Å². The third kappa shape index (κ3) is 3.67. The molecule has 0 aromatic heterocycles. The van der Waals surface area contributed by atoms with Crippen molar-refractivity contribution >= 4 is 5.84 Å². The second-order valence-corrected chi connectivity index (χ2v) is 6.24. The highest BCUT2D eigenvalue weighted by Crippen LogP contribution is 2.48. The maximum atomic E-state index is 8.58. The Labute approximate surface area is 98.3 Å². The maximum Gasteiger partial charge on any atom is 0.139 e. The summed E-state index contributed by atoms with van der Waals surface area (Å²) in [4.78, 5) is 0. The van der Waals surface area contributed by atoms with Gasteiger partial charge in [0.2, 0.25) is 0 Å². The first-order valence-electron chi connectivity index (χ1n) is 5.99. The summed E-state index contributed by atoms with van der Waals surface area (Å²) in [6.07, 6.45) is 3.05. The van der Waals surface area contributed by atoms with Crippen molar-refractivity contribution in [3.63, 3.8) is 0 Å². The normalized spacial score (nSPS) is 21.9. The van der Waals surface area contributed by atoms with Crippen LogP contribution in [0.2, 0.25) is 0 Å². The Morgan fingerprint density at radius 1 is 1.50 bits per heavy atom. The SMILES string of the molecule is CC(NCC1(CC(N)=NO)CC1)C(C)(C)C. The van der Waals surface area contributed by atoms with Gasteiger partial charge in [-0.1, -0.05) is 25.9 Å². The zero-order valence-corrected chi connectivity index (χ0v) is 10.9. The summed E-state index contributed by atoms with van der Waals surface area (Å²) < 4.78 is 0. The van der Waals surface area contributed by atoms with Crippen LogP contribution in [0.1, 0.15) is 47.0 Å². The first kappa shape index (κ1) is 13.3. The highest BCUT2D eigenvalue weighted by molar-refractivity contribution is 5.80. The van der Waals surface area contributed by atoms with Gasteiger partial charge in [-0.3, -0.25) is 0 Å². The molecule has 4 nitrogen and oxygen atoms in total. The Hall–Kier alpha value is -0.770. The molecule has 0 bridgehead atoms. The van der Waals surface area contributed by atoms with Crippen molar-refractivity contribution in [2.75, 3.05) is 6.54 Å². The molecule has 94 valence electrons. The second-order valence-electron chi connectivity index (χ2n) is 6.24. The molecule has 4 N–H and O–H groups in total. The lowest BCUT2D eigenvalue weighted by Gasteiger charge is -2.30. The highest BCUT2D eigenvalue weighted by atomic mass is 16.4. The molecule has 0 aromatic rings. The van der Waals surface area contributed by atoms with Gasteiger partial charge in [0.1, 0.15) is 5.84 Å². The summed E-state index contributed by atoms with van der Waals surface area (Å²) in [5.41, 5.74) is 6.08. The Balaban J connectivity index is 2.38. The fourth-order valence-electron chi connectivity index (χ4n) is 1.69. The Kier molecular flexibility index (Phi) is 3.84. The summed E-state index contributed by atoms with van der Waals surface area (Å²) in [6.45, 7) is 9.86. The number of nitrogens with zero attached hydrogens (tertiary/aromatic N) is 1. The summed E-state index contributed by atoms with van der Waals surface area (Å²) in [5.74, 6) is 0.350. The molecule has 0 amide bonds. The summed E-state index contributed by atoms with van der Waals surface area (Å²) in [6, 6.07) is 0.470. The highest BCUT2D eigenvalue weighted by Gasteiger charge is 2.43. The lowest BCUT2D eigenvalue weighted by atomic mass is 9.87. The van der Waals surface area contributed by atoms with Gasteiger partial charge in [0, 0.05) is 19.0 Å². The van der Waals surface area contributed by atoms with Crippen LogP contribution in [0.15, 0.2) is 5.16 Å². The number of oxime groups is 1. The number of amidine groups is 1. The van der Waals surface area contributed by atoms with Gasteiger partial charge < -0.3 is 16.3 Å². The van der Waals surface area contributed by atoms with Crippen LogP contribution in [0.3, 0.4) is 0 Å². The van der Waals surface area contributed by atoms with E-state index in [4.69, 9.17) is 10.9 Å². The molecule has 1 rings (SSSR count). The van der Waals surface area contributed by atoms with Gasteiger partial charge in [0.15, 0.2) is 0 Å². The smallest absolute Gasteiger partial charge is 0.139 e. The Bertz CT molecular complexity index is 264. The van der Waals surface area contributed by atoms with Crippen molar-refractivity contribution in [3.8, 4) is 0 Å². The van der Waals surface area contributed by atoms with E-state index in [1.807, 2.05) is 0 Å². The number of hydrogen-bond donors (Lipinski definition) is 3. The predicted molar refractivity (Wildman–Crippen MR) is 66.6 cm³/mol. The average Bonchev–Trinajstić information content (AvgIpc) is 2.93. The molecule has 0 radical (unpaired) electrons. The average molecular weight is 227 g/mol. The number of hydrogen-bond acceptors (Lipinski definition) is 3. The van der Waals surface area contributed by atoms with E-state index in [0.29, 0.717) is 18.3 Å². The van der Waals surface area contributed by atoms with Crippen molar-refractivity contribution in [1.82, 2.24) is 5.32 Å². The van der Waals surface area contributed by atoms with E-state index in [2.05, 4.69) is 38.2 Å². The molecule has 0 heterocycles. The van der Waals surface area contributed by atoms with Crippen molar-refractivity contribution < 1.29 is 5.21 Å². The molecular weight excluding hydrogens is 202 g/mol. The third-order valence-corrected chi connectivity index (χ3v) is 3.72. The van der Waals surface area contributed by atoms with Crippen LogP contribution in [0.5, 0.6) is 0 Å². The minimum atomic E-state index is 0.246. The first-order chi connectivity index (χ1) is 7.29. The maximum absolute atomic E-state index is 8.58. The molecule has 1 saturated carbocycles. The fraction of sp³-hybridized carbons (Fsp3) is 0.917. The molecule has 1 aliphatic rings. The van der Waals surface area contributed by atoms with Crippen molar-refractivity contribution in [1.29, 1.82) is 0 Å². The van der Waals surface area contributed by atoms with Crippen LogP contribution >= 0.6 is 0 Å². The molecule has 0 aromatic carbocycles. The molecule has 4 heteroatoms. The lowest BCUT2D eigenvalue weighted by molar-refractivity contribution is 0.268. The zero-order valence-electron chi connectivity index (χ0n) is 10.9. The van der Waals surface area contributed by atoms with E-state index < -0.39 is 0 Å². The predicted octanol–water partition coefficient (Wildman–Crippen LogP) is 1.93. The zero-order chi connectivity index (χ0) is 12.4. The van der Waals surface area contributed by atoms with Crippen molar-refractivity contribution in [2.24, 2.45) is 21.7 Å². The van der Waals surface area contributed by atoms with Crippen LogP contribution in [-0.4, -0.2) is 23.6 Å². The van der Waals surface area contributed by atoms with Crippen molar-refractivity contribution in [2.45, 2.75) is 53.0 Å². The van der Waals surface area contributed by atoms with Gasteiger partial charge in [-0.15, -0.1) is 0 Å². The standard InChI is InChI=1S/C12H25N3O/c1-9(11(2,3)4)14-8-12(5-6-12)7-10(13)15-16/h9,14,16H,5-8H2,1-4H3,(H2,13,15). The van der Waals surface area contributed by atoms with Gasteiger partial charge in [0.25, 0.3) is 0 Å². The van der Waals surface area contributed by atoms with Crippen molar-refractivity contribution in [3.05, 3.63) is 0 Å². The van der Waals surface area contributed by atoms with Gasteiger partial charge in [-0.25, -0.2) is 0 Å². The summed E-state index contributed by atoms with van der Waals surface area (Å²) >= 11 is 0. The van der Waals surface area contributed by atoms with E-state index >= 15 is 0 Å². The van der Waals surface area contributed by atoms with Crippen LogP contribution in [0.25, 0.3) is 0 Å². The number of nitrogens with one attached hydrogen (secondary N) is 1. The topological polar surface area (TPSA) is 70.6 Å². The van der Waals surface area contributed by atoms with Crippen LogP contribution < -0.4 is 11.1 Å². The summed E-state index contributed by atoms with van der Waals surface area (Å²) in [7, 11) is 0.